The van der Waals surface area contributed by atoms with E-state index in [4.69, 9.17) is 11.6 Å². The van der Waals surface area contributed by atoms with E-state index in [-0.39, 0.29) is 5.75 Å². The van der Waals surface area contributed by atoms with Gasteiger partial charge in [0.2, 0.25) is 0 Å². The second kappa shape index (κ2) is 9.54. The molecule has 1 rings (SSSR count). The third-order valence-corrected chi connectivity index (χ3v) is 3.90. The molecule has 0 aliphatic carbocycles. The monoisotopic (exact) mass is 287 g/mol. The standard InChI is InChI=1S/C14H22ClNOS/c1-18-10-5-3-2-4-9-16-11-12-13(15)7-6-8-14(12)17/h6-8,16-17H,2-5,9-11H2,1H3. The first-order chi connectivity index (χ1) is 8.75. The first-order valence-corrected chi connectivity index (χ1v) is 8.19. The molecule has 0 aliphatic rings. The molecule has 0 saturated carbocycles. The van der Waals surface area contributed by atoms with Crippen molar-refractivity contribution < 1.29 is 5.11 Å². The van der Waals surface area contributed by atoms with Gasteiger partial charge in [0.15, 0.2) is 0 Å². The SMILES string of the molecule is CSCCCCCCNCc1c(O)cccc1Cl. The van der Waals surface area contributed by atoms with Gasteiger partial charge in [0, 0.05) is 17.1 Å². The Morgan fingerprint density at radius 2 is 2.00 bits per heavy atom. The van der Waals surface area contributed by atoms with E-state index in [2.05, 4.69) is 11.6 Å². The fourth-order valence-electron chi connectivity index (χ4n) is 1.79. The molecule has 0 radical (unpaired) electrons. The Kier molecular flexibility index (Phi) is 8.31. The number of halogens is 1. The summed E-state index contributed by atoms with van der Waals surface area (Å²) in [6.07, 6.45) is 7.21. The number of phenolic OH excluding ortho intramolecular Hbond substituents is 1. The summed E-state index contributed by atoms with van der Waals surface area (Å²) in [5.74, 6) is 1.54. The van der Waals surface area contributed by atoms with Crippen LogP contribution in [0.2, 0.25) is 5.02 Å². The second-order valence-electron chi connectivity index (χ2n) is 4.32. The summed E-state index contributed by atoms with van der Waals surface area (Å²) in [5.41, 5.74) is 0.793. The van der Waals surface area contributed by atoms with Gasteiger partial charge >= 0.3 is 0 Å². The maximum absolute atomic E-state index is 9.66. The van der Waals surface area contributed by atoms with Crippen molar-refractivity contribution in [1.29, 1.82) is 0 Å². The fraction of sp³-hybridized carbons (Fsp3) is 0.571. The summed E-state index contributed by atoms with van der Waals surface area (Å²) in [6.45, 7) is 1.61. The molecule has 0 aromatic heterocycles. The van der Waals surface area contributed by atoms with E-state index in [1.807, 2.05) is 11.8 Å². The van der Waals surface area contributed by atoms with Crippen LogP contribution in [0.25, 0.3) is 0 Å². The van der Waals surface area contributed by atoms with Crippen molar-refractivity contribution in [2.45, 2.75) is 32.2 Å². The number of unbranched alkanes of at least 4 members (excludes halogenated alkanes) is 3. The molecule has 0 bridgehead atoms. The average molecular weight is 288 g/mol. The Morgan fingerprint density at radius 1 is 1.22 bits per heavy atom. The van der Waals surface area contributed by atoms with Gasteiger partial charge in [-0.05, 0) is 43.5 Å². The summed E-state index contributed by atoms with van der Waals surface area (Å²) in [4.78, 5) is 0. The van der Waals surface area contributed by atoms with E-state index in [1.165, 1.54) is 31.4 Å². The van der Waals surface area contributed by atoms with Crippen molar-refractivity contribution in [3.05, 3.63) is 28.8 Å². The molecule has 18 heavy (non-hydrogen) atoms. The number of hydrogen-bond acceptors (Lipinski definition) is 3. The lowest BCUT2D eigenvalue weighted by Crippen LogP contribution is -2.15. The summed E-state index contributed by atoms with van der Waals surface area (Å²) in [7, 11) is 0. The van der Waals surface area contributed by atoms with E-state index < -0.39 is 0 Å². The van der Waals surface area contributed by atoms with Crippen LogP contribution in [0.15, 0.2) is 18.2 Å². The van der Waals surface area contributed by atoms with Crippen LogP contribution in [0.3, 0.4) is 0 Å². The Labute approximate surface area is 119 Å². The zero-order valence-corrected chi connectivity index (χ0v) is 12.5. The maximum atomic E-state index is 9.66. The zero-order chi connectivity index (χ0) is 13.2. The second-order valence-corrected chi connectivity index (χ2v) is 5.71. The molecule has 0 saturated heterocycles. The predicted molar refractivity (Wildman–Crippen MR) is 81.7 cm³/mol. The van der Waals surface area contributed by atoms with Crippen molar-refractivity contribution >= 4 is 23.4 Å². The topological polar surface area (TPSA) is 32.3 Å². The molecular formula is C14H22ClNOS. The number of rotatable bonds is 9. The maximum Gasteiger partial charge on any atom is 0.121 e. The van der Waals surface area contributed by atoms with Gasteiger partial charge in [-0.25, -0.2) is 0 Å². The van der Waals surface area contributed by atoms with Crippen LogP contribution in [0.1, 0.15) is 31.2 Å². The number of phenols is 1. The molecule has 2 nitrogen and oxygen atoms in total. The molecule has 0 amide bonds. The molecule has 0 spiro atoms. The summed E-state index contributed by atoms with van der Waals surface area (Å²) in [5, 5.41) is 13.6. The van der Waals surface area contributed by atoms with Crippen LogP contribution in [0, 0.1) is 0 Å². The molecule has 0 fully saturated rings. The zero-order valence-electron chi connectivity index (χ0n) is 10.9. The van der Waals surface area contributed by atoms with E-state index in [1.54, 1.807) is 18.2 Å². The molecule has 0 aliphatic heterocycles. The van der Waals surface area contributed by atoms with Crippen LogP contribution >= 0.6 is 23.4 Å². The molecule has 1 aromatic rings. The molecule has 0 atom stereocenters. The fourth-order valence-corrected chi connectivity index (χ4v) is 2.51. The molecule has 4 heteroatoms. The molecule has 102 valence electrons. The highest BCUT2D eigenvalue weighted by molar-refractivity contribution is 7.98. The van der Waals surface area contributed by atoms with Gasteiger partial charge in [0.1, 0.15) is 5.75 Å². The summed E-state index contributed by atoms with van der Waals surface area (Å²) < 4.78 is 0. The van der Waals surface area contributed by atoms with Gasteiger partial charge in [-0.1, -0.05) is 30.5 Å². The van der Waals surface area contributed by atoms with Crippen molar-refractivity contribution in [3.63, 3.8) is 0 Å². The number of hydrogen-bond donors (Lipinski definition) is 2. The number of thioether (sulfide) groups is 1. The van der Waals surface area contributed by atoms with E-state index in [0.717, 1.165) is 12.1 Å². The first kappa shape index (κ1) is 15.7. The summed E-state index contributed by atoms with van der Waals surface area (Å²) in [6, 6.07) is 5.24. The Balaban J connectivity index is 2.11. The van der Waals surface area contributed by atoms with Gasteiger partial charge in [-0.15, -0.1) is 0 Å². The minimum absolute atomic E-state index is 0.273. The third kappa shape index (κ3) is 5.98. The van der Waals surface area contributed by atoms with Crippen LogP contribution in [0.5, 0.6) is 5.75 Å². The van der Waals surface area contributed by atoms with Gasteiger partial charge < -0.3 is 10.4 Å². The van der Waals surface area contributed by atoms with Crippen LogP contribution in [-0.4, -0.2) is 23.7 Å². The molecule has 0 unspecified atom stereocenters. The largest absolute Gasteiger partial charge is 0.508 e. The van der Waals surface area contributed by atoms with Crippen molar-refractivity contribution in [3.8, 4) is 5.75 Å². The lowest BCUT2D eigenvalue weighted by molar-refractivity contribution is 0.464. The average Bonchev–Trinajstić information content (AvgIpc) is 2.35. The van der Waals surface area contributed by atoms with Crippen LogP contribution in [0.4, 0.5) is 0 Å². The van der Waals surface area contributed by atoms with Crippen molar-refractivity contribution in [2.75, 3.05) is 18.6 Å². The van der Waals surface area contributed by atoms with Gasteiger partial charge in [0.25, 0.3) is 0 Å². The molecular weight excluding hydrogens is 266 g/mol. The highest BCUT2D eigenvalue weighted by Crippen LogP contribution is 2.24. The smallest absolute Gasteiger partial charge is 0.121 e. The highest BCUT2D eigenvalue weighted by Gasteiger charge is 2.04. The van der Waals surface area contributed by atoms with E-state index in [0.29, 0.717) is 11.6 Å². The van der Waals surface area contributed by atoms with Crippen LogP contribution < -0.4 is 5.32 Å². The number of benzene rings is 1. The van der Waals surface area contributed by atoms with Crippen molar-refractivity contribution in [2.24, 2.45) is 0 Å². The predicted octanol–water partition coefficient (Wildman–Crippen LogP) is 4.06. The quantitative estimate of drug-likeness (QED) is 0.672. The lowest BCUT2D eigenvalue weighted by atomic mass is 10.2. The number of nitrogens with one attached hydrogen (secondary N) is 1. The van der Waals surface area contributed by atoms with Crippen molar-refractivity contribution in [1.82, 2.24) is 5.32 Å². The number of aromatic hydroxyl groups is 1. The van der Waals surface area contributed by atoms with Gasteiger partial charge in [0.05, 0.1) is 0 Å². The molecule has 1 aromatic carbocycles. The van der Waals surface area contributed by atoms with E-state index >= 15 is 0 Å². The highest BCUT2D eigenvalue weighted by atomic mass is 35.5. The third-order valence-electron chi connectivity index (χ3n) is 2.85. The Bertz CT molecular complexity index is 326. The Hall–Kier alpha value is -0.380. The normalized spacial score (nSPS) is 10.8. The van der Waals surface area contributed by atoms with Gasteiger partial charge in [-0.3, -0.25) is 0 Å². The van der Waals surface area contributed by atoms with Gasteiger partial charge in [-0.2, -0.15) is 11.8 Å². The minimum Gasteiger partial charge on any atom is -0.508 e. The van der Waals surface area contributed by atoms with E-state index in [9.17, 15) is 5.11 Å². The molecule has 2 N–H and O–H groups in total. The lowest BCUT2D eigenvalue weighted by Gasteiger charge is -2.08. The molecule has 0 heterocycles. The summed E-state index contributed by atoms with van der Waals surface area (Å²) >= 11 is 7.94. The first-order valence-electron chi connectivity index (χ1n) is 6.41. The van der Waals surface area contributed by atoms with Crippen LogP contribution in [-0.2, 0) is 6.54 Å². The Morgan fingerprint density at radius 3 is 2.72 bits per heavy atom. The minimum atomic E-state index is 0.273.